The number of carboxylic acid groups (broad SMARTS) is 1. The van der Waals surface area contributed by atoms with Crippen molar-refractivity contribution in [1.29, 1.82) is 0 Å². The molecule has 4 N–H and O–H groups in total. The van der Waals surface area contributed by atoms with E-state index in [9.17, 15) is 19.5 Å². The van der Waals surface area contributed by atoms with Crippen molar-refractivity contribution in [2.75, 3.05) is 19.7 Å². The van der Waals surface area contributed by atoms with Gasteiger partial charge in [-0.05, 0) is 46.9 Å². The fourth-order valence-electron chi connectivity index (χ4n) is 4.72. The van der Waals surface area contributed by atoms with Gasteiger partial charge in [-0.3, -0.25) is 4.79 Å². The summed E-state index contributed by atoms with van der Waals surface area (Å²) in [6.07, 6.45) is -0.143. The molecule has 0 radical (unpaired) electrons. The normalized spacial score (nSPS) is 19.5. The molecule has 1 fully saturated rings. The molecule has 0 bridgehead atoms. The molecule has 8 heteroatoms. The van der Waals surface area contributed by atoms with Gasteiger partial charge in [0.05, 0.1) is 6.54 Å². The lowest BCUT2D eigenvalue weighted by Crippen LogP contribution is -2.40. The molecule has 2 aliphatic carbocycles. The second-order valence-electron chi connectivity index (χ2n) is 8.77. The first-order valence-corrected chi connectivity index (χ1v) is 11.2. The highest BCUT2D eigenvalue weighted by atomic mass is 16.5. The van der Waals surface area contributed by atoms with E-state index in [0.29, 0.717) is 6.54 Å². The number of ether oxygens (including phenoxy) is 1. The maximum Gasteiger partial charge on any atom is 0.407 e. The van der Waals surface area contributed by atoms with Crippen LogP contribution in [0.3, 0.4) is 0 Å². The highest BCUT2D eigenvalue weighted by Gasteiger charge is 2.32. The van der Waals surface area contributed by atoms with Gasteiger partial charge < -0.3 is 25.6 Å². The second kappa shape index (κ2) is 10.0. The van der Waals surface area contributed by atoms with E-state index < -0.39 is 18.2 Å². The summed E-state index contributed by atoms with van der Waals surface area (Å²) in [6, 6.07) is 16.4. The first-order valence-electron chi connectivity index (χ1n) is 11.2. The number of nitrogens with one attached hydrogen (secondary N) is 2. The zero-order valence-electron chi connectivity index (χ0n) is 18.2. The van der Waals surface area contributed by atoms with E-state index in [1.165, 1.54) is 22.3 Å². The van der Waals surface area contributed by atoms with Crippen molar-refractivity contribution in [2.24, 2.45) is 11.8 Å². The molecule has 2 amide bonds. The average Bonchev–Trinajstić information content (AvgIpc) is 3.11. The van der Waals surface area contributed by atoms with Crippen molar-refractivity contribution >= 4 is 18.0 Å². The zero-order chi connectivity index (χ0) is 23.4. The van der Waals surface area contributed by atoms with Gasteiger partial charge >= 0.3 is 12.1 Å². The summed E-state index contributed by atoms with van der Waals surface area (Å²) >= 11 is 0. The monoisotopic (exact) mass is 452 g/mol. The van der Waals surface area contributed by atoms with Crippen LogP contribution in [0.4, 0.5) is 4.79 Å². The predicted molar refractivity (Wildman–Crippen MR) is 121 cm³/mol. The molecule has 0 saturated heterocycles. The molecule has 0 aliphatic heterocycles. The molecule has 174 valence electrons. The van der Waals surface area contributed by atoms with Gasteiger partial charge in [0, 0.05) is 18.9 Å². The minimum atomic E-state index is -1.59. The Labute approximate surface area is 192 Å². The van der Waals surface area contributed by atoms with E-state index in [2.05, 4.69) is 34.9 Å². The Bertz CT molecular complexity index is 988. The van der Waals surface area contributed by atoms with Gasteiger partial charge in [0.2, 0.25) is 5.91 Å². The lowest BCUT2D eigenvalue weighted by atomic mass is 9.73. The van der Waals surface area contributed by atoms with E-state index >= 15 is 0 Å². The molecule has 0 heterocycles. The van der Waals surface area contributed by atoms with E-state index in [1.54, 1.807) is 0 Å². The average molecular weight is 453 g/mol. The number of hydrogen-bond acceptors (Lipinski definition) is 5. The molecule has 2 aromatic rings. The number of carbonyl (C=O) groups is 3. The lowest BCUT2D eigenvalue weighted by Gasteiger charge is -2.35. The van der Waals surface area contributed by atoms with Crippen molar-refractivity contribution in [1.82, 2.24) is 10.6 Å². The van der Waals surface area contributed by atoms with Crippen LogP contribution in [0.5, 0.6) is 0 Å². The van der Waals surface area contributed by atoms with Crippen LogP contribution in [0.25, 0.3) is 11.1 Å². The van der Waals surface area contributed by atoms with Crippen LogP contribution in [0.15, 0.2) is 48.5 Å². The summed E-state index contributed by atoms with van der Waals surface area (Å²) in [5.41, 5.74) is 4.71. The smallest absolute Gasteiger partial charge is 0.407 e. The van der Waals surface area contributed by atoms with E-state index in [0.717, 1.165) is 12.8 Å². The molecule has 0 spiro atoms. The van der Waals surface area contributed by atoms with Crippen LogP contribution in [0.2, 0.25) is 0 Å². The summed E-state index contributed by atoms with van der Waals surface area (Å²) in [7, 11) is 0. The Hall–Kier alpha value is -3.39. The lowest BCUT2D eigenvalue weighted by molar-refractivity contribution is -0.146. The Balaban J connectivity index is 1.16. The quantitative estimate of drug-likeness (QED) is 0.463. The predicted octanol–water partition coefficient (Wildman–Crippen LogP) is 2.50. The highest BCUT2D eigenvalue weighted by molar-refractivity contribution is 5.79. The molecule has 1 atom stereocenters. The van der Waals surface area contributed by atoms with Gasteiger partial charge in [0.15, 0.2) is 6.10 Å². The molecule has 4 rings (SSSR count). The fraction of sp³-hybridized carbons (Fsp3) is 0.400. The van der Waals surface area contributed by atoms with Crippen molar-refractivity contribution in [3.63, 3.8) is 0 Å². The molecule has 2 aliphatic rings. The first kappa shape index (κ1) is 22.8. The van der Waals surface area contributed by atoms with Crippen molar-refractivity contribution in [2.45, 2.75) is 31.3 Å². The van der Waals surface area contributed by atoms with Gasteiger partial charge in [-0.15, -0.1) is 0 Å². The maximum atomic E-state index is 12.3. The van der Waals surface area contributed by atoms with Crippen molar-refractivity contribution in [3.05, 3.63) is 59.7 Å². The Morgan fingerprint density at radius 3 is 2.15 bits per heavy atom. The van der Waals surface area contributed by atoms with Gasteiger partial charge in [0.25, 0.3) is 0 Å². The Morgan fingerprint density at radius 2 is 1.55 bits per heavy atom. The standard InChI is InChI=1S/C25H28N2O6/c28-22(24(30)31)13-26-23(29)11-15-9-16(10-15)12-27-25(32)33-14-21-19-7-3-1-5-17(19)18-6-2-4-8-20(18)21/h1-8,15-16,21-22,28H,9-14H2,(H,26,29)(H,27,32)(H,30,31). The SMILES string of the molecule is O=C(CC1CC(CNC(=O)OCC2c3ccccc3-c3ccccc32)C1)NCC(O)C(=O)O. The molecule has 8 nitrogen and oxygen atoms in total. The molecule has 2 aromatic carbocycles. The number of alkyl carbamates (subject to hydrolysis) is 1. The van der Waals surface area contributed by atoms with Crippen molar-refractivity contribution in [3.8, 4) is 11.1 Å². The third-order valence-corrected chi connectivity index (χ3v) is 6.46. The van der Waals surface area contributed by atoms with Crippen LogP contribution in [-0.4, -0.2) is 54.0 Å². The van der Waals surface area contributed by atoms with Gasteiger partial charge in [0.1, 0.15) is 6.61 Å². The number of amides is 2. The van der Waals surface area contributed by atoms with E-state index in [4.69, 9.17) is 9.84 Å². The van der Waals surface area contributed by atoms with Crippen LogP contribution in [0.1, 0.15) is 36.3 Å². The van der Waals surface area contributed by atoms with Crippen molar-refractivity contribution < 1.29 is 29.3 Å². The number of benzene rings is 2. The summed E-state index contributed by atoms with van der Waals surface area (Å²) in [5.74, 6) is -1.13. The summed E-state index contributed by atoms with van der Waals surface area (Å²) in [4.78, 5) is 34.6. The number of carbonyl (C=O) groups excluding carboxylic acids is 2. The number of aliphatic carboxylic acids is 1. The number of hydrogen-bond donors (Lipinski definition) is 4. The summed E-state index contributed by atoms with van der Waals surface area (Å²) < 4.78 is 5.54. The van der Waals surface area contributed by atoms with Crippen LogP contribution >= 0.6 is 0 Å². The van der Waals surface area contributed by atoms with Crippen LogP contribution < -0.4 is 10.6 Å². The van der Waals surface area contributed by atoms with Gasteiger partial charge in [-0.1, -0.05) is 48.5 Å². The summed E-state index contributed by atoms with van der Waals surface area (Å²) in [5, 5.41) is 23.1. The van der Waals surface area contributed by atoms with Gasteiger partial charge in [-0.2, -0.15) is 0 Å². The highest BCUT2D eigenvalue weighted by Crippen LogP contribution is 2.44. The molecule has 0 aromatic heterocycles. The molecular weight excluding hydrogens is 424 g/mol. The largest absolute Gasteiger partial charge is 0.479 e. The first-order chi connectivity index (χ1) is 15.9. The number of carboxylic acids is 1. The third kappa shape index (κ3) is 5.34. The van der Waals surface area contributed by atoms with E-state index in [-0.39, 0.29) is 43.2 Å². The second-order valence-corrected chi connectivity index (χ2v) is 8.77. The van der Waals surface area contributed by atoms with Crippen LogP contribution in [-0.2, 0) is 14.3 Å². The summed E-state index contributed by atoms with van der Waals surface area (Å²) in [6.45, 7) is 0.468. The zero-order valence-corrected chi connectivity index (χ0v) is 18.2. The fourth-order valence-corrected chi connectivity index (χ4v) is 4.72. The number of aliphatic hydroxyl groups excluding tert-OH is 1. The molecule has 1 saturated carbocycles. The Kier molecular flexibility index (Phi) is 6.93. The molecule has 1 unspecified atom stereocenters. The number of aliphatic hydroxyl groups is 1. The number of rotatable bonds is 9. The number of fused-ring (bicyclic) bond motifs is 3. The Morgan fingerprint density at radius 1 is 0.939 bits per heavy atom. The van der Waals surface area contributed by atoms with E-state index in [1.807, 2.05) is 24.3 Å². The molecule has 33 heavy (non-hydrogen) atoms. The minimum absolute atomic E-state index is 0.0226. The third-order valence-electron chi connectivity index (χ3n) is 6.46. The van der Waals surface area contributed by atoms with Crippen LogP contribution in [0, 0.1) is 11.8 Å². The molecular formula is C25H28N2O6. The maximum absolute atomic E-state index is 12.3. The van der Waals surface area contributed by atoms with Gasteiger partial charge in [-0.25, -0.2) is 9.59 Å². The topological polar surface area (TPSA) is 125 Å². The minimum Gasteiger partial charge on any atom is -0.479 e.